The van der Waals surface area contributed by atoms with E-state index < -0.39 is 6.09 Å². The Labute approximate surface area is 163 Å². The molecule has 0 unspecified atom stereocenters. The number of nitrogens with one attached hydrogen (secondary N) is 1. The van der Waals surface area contributed by atoms with Crippen LogP contribution in [0.4, 0.5) is 26.5 Å². The summed E-state index contributed by atoms with van der Waals surface area (Å²) >= 11 is 0. The van der Waals surface area contributed by atoms with Crippen molar-refractivity contribution >= 4 is 34.4 Å². The summed E-state index contributed by atoms with van der Waals surface area (Å²) in [4.78, 5) is 23.4. The molecule has 6 N–H and O–H groups in total. The maximum absolute atomic E-state index is 14.1. The summed E-state index contributed by atoms with van der Waals surface area (Å²) in [5.74, 6) is -0.620. The molecule has 0 fully saturated rings. The number of nitrogens with zero attached hydrogens (tertiary/aromatic N) is 5. The molecule has 1 aromatic carbocycles. The van der Waals surface area contributed by atoms with Crippen molar-refractivity contribution in [2.24, 2.45) is 0 Å². The van der Waals surface area contributed by atoms with Crippen LogP contribution < -0.4 is 16.8 Å². The molecule has 4 aromatic rings. The Balaban J connectivity index is 1.83. The van der Waals surface area contributed by atoms with Gasteiger partial charge in [0.25, 0.3) is 5.95 Å². The van der Waals surface area contributed by atoms with E-state index in [0.717, 1.165) is 0 Å². The van der Waals surface area contributed by atoms with Crippen molar-refractivity contribution in [3.8, 4) is 5.95 Å². The highest BCUT2D eigenvalue weighted by atomic mass is 19.1. The van der Waals surface area contributed by atoms with Crippen molar-refractivity contribution in [2.45, 2.75) is 6.42 Å². The third-order valence-electron chi connectivity index (χ3n) is 4.20. The molecule has 10 nitrogen and oxygen atoms in total. The van der Waals surface area contributed by atoms with E-state index in [1.165, 1.54) is 10.7 Å². The van der Waals surface area contributed by atoms with E-state index in [0.29, 0.717) is 22.3 Å². The molecule has 29 heavy (non-hydrogen) atoms. The number of carbonyl (C=O) groups is 1. The lowest BCUT2D eigenvalue weighted by Crippen LogP contribution is -2.16. The number of nitrogens with two attached hydrogens (primary N) is 2. The lowest BCUT2D eigenvalue weighted by Gasteiger charge is -2.09. The van der Waals surface area contributed by atoms with Crippen molar-refractivity contribution in [3.05, 3.63) is 59.7 Å². The number of amides is 1. The first kappa shape index (κ1) is 18.1. The van der Waals surface area contributed by atoms with Gasteiger partial charge in [-0.15, -0.1) is 0 Å². The van der Waals surface area contributed by atoms with Crippen LogP contribution >= 0.6 is 0 Å². The van der Waals surface area contributed by atoms with E-state index in [9.17, 15) is 9.18 Å². The van der Waals surface area contributed by atoms with Gasteiger partial charge in [0, 0.05) is 12.6 Å². The van der Waals surface area contributed by atoms with Crippen molar-refractivity contribution in [3.63, 3.8) is 0 Å². The molecule has 0 radical (unpaired) electrons. The smallest absolute Gasteiger partial charge is 0.409 e. The minimum absolute atomic E-state index is 0.0359. The zero-order valence-electron chi connectivity index (χ0n) is 14.9. The molecule has 11 heteroatoms. The standard InChI is InChI=1S/C18H15FN8O2/c19-10-5-2-1-4-9(10)8-11-13-12(6-3-7-22-13)27(26-11)17-24-15(20)14(16(21)25-17)23-18(28)29/h1-7,23H,8H2,(H,28,29)(H4,20,21,24,25). The van der Waals surface area contributed by atoms with Crippen molar-refractivity contribution < 1.29 is 14.3 Å². The second-order valence-corrected chi connectivity index (χ2v) is 6.10. The Hall–Kier alpha value is -4.28. The molecule has 146 valence electrons. The molecular weight excluding hydrogens is 379 g/mol. The molecule has 0 aliphatic heterocycles. The number of aromatic nitrogens is 5. The fourth-order valence-corrected chi connectivity index (χ4v) is 2.92. The minimum Gasteiger partial charge on any atom is -0.465 e. The first-order valence-electron chi connectivity index (χ1n) is 8.43. The van der Waals surface area contributed by atoms with Crippen LogP contribution in [0.1, 0.15) is 11.3 Å². The monoisotopic (exact) mass is 394 g/mol. The summed E-state index contributed by atoms with van der Waals surface area (Å²) in [6.07, 6.45) is 0.458. The van der Waals surface area contributed by atoms with E-state index in [4.69, 9.17) is 16.6 Å². The Bertz CT molecular complexity index is 1220. The number of pyridine rings is 1. The van der Waals surface area contributed by atoms with Crippen molar-refractivity contribution in [2.75, 3.05) is 16.8 Å². The van der Waals surface area contributed by atoms with Gasteiger partial charge in [0.2, 0.25) is 0 Å². The van der Waals surface area contributed by atoms with Crippen molar-refractivity contribution in [1.29, 1.82) is 0 Å². The first-order valence-corrected chi connectivity index (χ1v) is 8.43. The topological polar surface area (TPSA) is 158 Å². The van der Waals surface area contributed by atoms with Crippen LogP contribution in [0.5, 0.6) is 0 Å². The largest absolute Gasteiger partial charge is 0.465 e. The molecule has 3 aromatic heterocycles. The van der Waals surface area contributed by atoms with Crippen molar-refractivity contribution in [1.82, 2.24) is 24.7 Å². The molecule has 0 aliphatic rings. The number of nitrogen functional groups attached to an aromatic ring is 2. The number of hydrogen-bond donors (Lipinski definition) is 4. The summed E-state index contributed by atoms with van der Waals surface area (Å²) in [6.45, 7) is 0. The van der Waals surface area contributed by atoms with Crippen LogP contribution in [0.25, 0.3) is 17.0 Å². The highest BCUT2D eigenvalue weighted by molar-refractivity contribution is 5.91. The van der Waals surface area contributed by atoms with Crippen LogP contribution in [0, 0.1) is 5.82 Å². The number of anilines is 3. The Kier molecular flexibility index (Phi) is 4.39. The third-order valence-corrected chi connectivity index (χ3v) is 4.20. The number of hydrogen-bond acceptors (Lipinski definition) is 7. The number of fused-ring (bicyclic) bond motifs is 1. The molecule has 4 rings (SSSR count). The molecule has 0 aliphatic carbocycles. The van der Waals surface area contributed by atoms with Crippen LogP contribution in [-0.4, -0.2) is 35.9 Å². The molecule has 0 saturated carbocycles. The lowest BCUT2D eigenvalue weighted by atomic mass is 10.1. The van der Waals surface area contributed by atoms with Gasteiger partial charge in [-0.25, -0.2) is 9.18 Å². The van der Waals surface area contributed by atoms with Gasteiger partial charge < -0.3 is 16.6 Å². The van der Waals surface area contributed by atoms with Gasteiger partial charge in [-0.2, -0.15) is 19.7 Å². The van der Waals surface area contributed by atoms with E-state index in [1.54, 1.807) is 36.5 Å². The Morgan fingerprint density at radius 3 is 2.55 bits per heavy atom. The van der Waals surface area contributed by atoms with Crippen LogP contribution in [0.15, 0.2) is 42.6 Å². The summed E-state index contributed by atoms with van der Waals surface area (Å²) in [7, 11) is 0. The maximum atomic E-state index is 14.1. The van der Waals surface area contributed by atoms with Gasteiger partial charge >= 0.3 is 6.09 Å². The van der Waals surface area contributed by atoms with Crippen LogP contribution in [0.2, 0.25) is 0 Å². The van der Waals surface area contributed by atoms with Gasteiger partial charge in [-0.1, -0.05) is 18.2 Å². The predicted molar refractivity (Wildman–Crippen MR) is 104 cm³/mol. The molecule has 1 amide bonds. The minimum atomic E-state index is -1.35. The fraction of sp³-hybridized carbons (Fsp3) is 0.0556. The molecule has 0 spiro atoms. The lowest BCUT2D eigenvalue weighted by molar-refractivity contribution is 0.209. The number of rotatable bonds is 4. The van der Waals surface area contributed by atoms with E-state index in [-0.39, 0.29) is 35.5 Å². The molecule has 0 atom stereocenters. The summed E-state index contributed by atoms with van der Waals surface area (Å²) in [6, 6.07) is 9.85. The fourth-order valence-electron chi connectivity index (χ4n) is 2.92. The van der Waals surface area contributed by atoms with Gasteiger partial charge in [0.1, 0.15) is 17.0 Å². The Morgan fingerprint density at radius 2 is 1.86 bits per heavy atom. The van der Waals surface area contributed by atoms with Gasteiger partial charge in [0.15, 0.2) is 11.6 Å². The van der Waals surface area contributed by atoms with Gasteiger partial charge in [-0.05, 0) is 23.8 Å². The van der Waals surface area contributed by atoms with E-state index >= 15 is 0 Å². The molecule has 3 heterocycles. The highest BCUT2D eigenvalue weighted by Gasteiger charge is 2.19. The maximum Gasteiger partial charge on any atom is 0.409 e. The normalized spacial score (nSPS) is 10.9. The quantitative estimate of drug-likeness (QED) is 0.410. The predicted octanol–water partition coefficient (Wildman–Crippen LogP) is 2.19. The highest BCUT2D eigenvalue weighted by Crippen LogP contribution is 2.26. The zero-order chi connectivity index (χ0) is 20.5. The average molecular weight is 394 g/mol. The summed E-state index contributed by atoms with van der Waals surface area (Å²) < 4.78 is 15.5. The third kappa shape index (κ3) is 3.36. The first-order chi connectivity index (χ1) is 13.9. The zero-order valence-corrected chi connectivity index (χ0v) is 14.9. The Morgan fingerprint density at radius 1 is 1.14 bits per heavy atom. The summed E-state index contributed by atoms with van der Waals surface area (Å²) in [5.41, 5.74) is 13.7. The summed E-state index contributed by atoms with van der Waals surface area (Å²) in [5, 5.41) is 15.4. The van der Waals surface area contributed by atoms with E-state index in [2.05, 4.69) is 25.4 Å². The SMILES string of the molecule is Nc1nc(-n2nc(Cc3ccccc3F)c3ncccc32)nc(N)c1NC(=O)O. The number of benzene rings is 1. The molecule has 0 bridgehead atoms. The molecule has 0 saturated heterocycles. The second-order valence-electron chi connectivity index (χ2n) is 6.10. The molecular formula is C18H15FN8O2. The number of halogens is 1. The number of carboxylic acid groups (broad SMARTS) is 1. The second kappa shape index (κ2) is 7.03. The van der Waals surface area contributed by atoms with E-state index in [1.807, 2.05) is 0 Å². The average Bonchev–Trinajstić information content (AvgIpc) is 3.05. The van der Waals surface area contributed by atoms with Gasteiger partial charge in [-0.3, -0.25) is 10.3 Å². The van der Waals surface area contributed by atoms with Crippen LogP contribution in [-0.2, 0) is 6.42 Å². The van der Waals surface area contributed by atoms with Gasteiger partial charge in [0.05, 0.1) is 11.2 Å². The van der Waals surface area contributed by atoms with Crippen LogP contribution in [0.3, 0.4) is 0 Å².